The third-order valence-corrected chi connectivity index (χ3v) is 4.36. The SMILES string of the molecule is Nc1ccc2c(c1)CCCN2Cc1cncn1C1CC1. The van der Waals surface area contributed by atoms with Crippen LogP contribution in [0.15, 0.2) is 30.7 Å². The van der Waals surface area contributed by atoms with E-state index in [1.807, 2.05) is 18.6 Å². The molecule has 0 spiro atoms. The van der Waals surface area contributed by atoms with Gasteiger partial charge in [0.15, 0.2) is 0 Å². The summed E-state index contributed by atoms with van der Waals surface area (Å²) >= 11 is 0. The first-order valence-corrected chi connectivity index (χ1v) is 7.45. The fourth-order valence-electron chi connectivity index (χ4n) is 3.19. The van der Waals surface area contributed by atoms with Crippen LogP contribution in [0.3, 0.4) is 0 Å². The Morgan fingerprint density at radius 1 is 1.30 bits per heavy atom. The lowest BCUT2D eigenvalue weighted by Gasteiger charge is -2.31. The zero-order chi connectivity index (χ0) is 13.5. The summed E-state index contributed by atoms with van der Waals surface area (Å²) in [5.74, 6) is 0. The number of imidazole rings is 1. The highest BCUT2D eigenvalue weighted by Gasteiger charge is 2.26. The van der Waals surface area contributed by atoms with Crippen LogP contribution in [-0.2, 0) is 13.0 Å². The summed E-state index contributed by atoms with van der Waals surface area (Å²) in [7, 11) is 0. The predicted molar refractivity (Wildman–Crippen MR) is 80.7 cm³/mol. The molecule has 0 bridgehead atoms. The molecule has 1 fully saturated rings. The molecule has 104 valence electrons. The summed E-state index contributed by atoms with van der Waals surface area (Å²) in [4.78, 5) is 6.80. The van der Waals surface area contributed by atoms with Crippen molar-refractivity contribution in [1.82, 2.24) is 9.55 Å². The van der Waals surface area contributed by atoms with E-state index in [9.17, 15) is 0 Å². The maximum Gasteiger partial charge on any atom is 0.0951 e. The monoisotopic (exact) mass is 268 g/mol. The van der Waals surface area contributed by atoms with Crippen molar-refractivity contribution < 1.29 is 0 Å². The highest BCUT2D eigenvalue weighted by Crippen LogP contribution is 2.36. The quantitative estimate of drug-likeness (QED) is 0.871. The normalized spacial score (nSPS) is 18.1. The molecule has 2 heterocycles. The number of nitrogens with zero attached hydrogens (tertiary/aromatic N) is 3. The molecule has 0 atom stereocenters. The Morgan fingerprint density at radius 3 is 3.05 bits per heavy atom. The van der Waals surface area contributed by atoms with Crippen LogP contribution in [0.1, 0.15) is 36.6 Å². The van der Waals surface area contributed by atoms with Crippen molar-refractivity contribution in [2.45, 2.75) is 38.3 Å². The molecule has 0 radical (unpaired) electrons. The standard InChI is InChI=1S/C16H20N4/c17-13-3-6-16-12(8-13)2-1-7-19(16)10-15-9-18-11-20(15)14-4-5-14/h3,6,8-9,11,14H,1-2,4-5,7,10,17H2. The summed E-state index contributed by atoms with van der Waals surface area (Å²) in [6.07, 6.45) is 8.95. The average molecular weight is 268 g/mol. The van der Waals surface area contributed by atoms with E-state index in [1.54, 1.807) is 0 Å². The van der Waals surface area contributed by atoms with E-state index in [-0.39, 0.29) is 0 Å². The highest BCUT2D eigenvalue weighted by atomic mass is 15.2. The fourth-order valence-corrected chi connectivity index (χ4v) is 3.19. The van der Waals surface area contributed by atoms with Crippen molar-refractivity contribution in [3.8, 4) is 0 Å². The van der Waals surface area contributed by atoms with Crippen LogP contribution >= 0.6 is 0 Å². The zero-order valence-electron chi connectivity index (χ0n) is 11.6. The average Bonchev–Trinajstić information content (AvgIpc) is 3.19. The molecular formula is C16H20N4. The Balaban J connectivity index is 1.62. The van der Waals surface area contributed by atoms with Gasteiger partial charge in [-0.1, -0.05) is 0 Å². The summed E-state index contributed by atoms with van der Waals surface area (Å²) in [6, 6.07) is 7.00. The van der Waals surface area contributed by atoms with E-state index in [4.69, 9.17) is 5.73 Å². The molecule has 4 rings (SSSR count). The number of aromatic nitrogens is 2. The zero-order valence-corrected chi connectivity index (χ0v) is 11.6. The van der Waals surface area contributed by atoms with E-state index in [2.05, 4.69) is 26.6 Å². The molecule has 1 aliphatic carbocycles. The third-order valence-electron chi connectivity index (χ3n) is 4.36. The van der Waals surface area contributed by atoms with Crippen LogP contribution in [0, 0.1) is 0 Å². The number of anilines is 2. The molecule has 1 aliphatic heterocycles. The van der Waals surface area contributed by atoms with Gasteiger partial charge in [0.05, 0.1) is 18.6 Å². The Morgan fingerprint density at radius 2 is 2.20 bits per heavy atom. The number of rotatable bonds is 3. The second-order valence-electron chi connectivity index (χ2n) is 5.94. The summed E-state index contributed by atoms with van der Waals surface area (Å²) < 4.78 is 2.35. The van der Waals surface area contributed by atoms with Crippen LogP contribution in [0.5, 0.6) is 0 Å². The van der Waals surface area contributed by atoms with Crippen molar-refractivity contribution in [3.63, 3.8) is 0 Å². The second kappa shape index (κ2) is 4.54. The fraction of sp³-hybridized carbons (Fsp3) is 0.438. The largest absolute Gasteiger partial charge is 0.399 e. The van der Waals surface area contributed by atoms with Gasteiger partial charge in [-0.25, -0.2) is 4.98 Å². The molecule has 20 heavy (non-hydrogen) atoms. The van der Waals surface area contributed by atoms with Crippen LogP contribution in [0.4, 0.5) is 11.4 Å². The molecule has 0 amide bonds. The Hall–Kier alpha value is -1.97. The first-order valence-electron chi connectivity index (χ1n) is 7.45. The van der Waals surface area contributed by atoms with Gasteiger partial charge in [0.1, 0.15) is 0 Å². The van der Waals surface area contributed by atoms with Gasteiger partial charge in [0.2, 0.25) is 0 Å². The molecule has 1 saturated carbocycles. The maximum absolute atomic E-state index is 5.90. The van der Waals surface area contributed by atoms with Crippen molar-refractivity contribution in [1.29, 1.82) is 0 Å². The van der Waals surface area contributed by atoms with Gasteiger partial charge in [-0.3, -0.25) is 0 Å². The molecule has 0 saturated heterocycles. The maximum atomic E-state index is 5.90. The molecule has 1 aromatic heterocycles. The van der Waals surface area contributed by atoms with Crippen LogP contribution in [0.2, 0.25) is 0 Å². The predicted octanol–water partition coefficient (Wildman–Crippen LogP) is 2.75. The van der Waals surface area contributed by atoms with Gasteiger partial charge in [-0.15, -0.1) is 0 Å². The number of hydrogen-bond acceptors (Lipinski definition) is 3. The lowest BCUT2D eigenvalue weighted by molar-refractivity contribution is 0.639. The second-order valence-corrected chi connectivity index (χ2v) is 5.94. The van der Waals surface area contributed by atoms with Gasteiger partial charge >= 0.3 is 0 Å². The number of fused-ring (bicyclic) bond motifs is 1. The van der Waals surface area contributed by atoms with Gasteiger partial charge in [0, 0.05) is 30.2 Å². The Labute approximate surface area is 119 Å². The van der Waals surface area contributed by atoms with E-state index in [0.29, 0.717) is 6.04 Å². The first-order chi connectivity index (χ1) is 9.81. The van der Waals surface area contributed by atoms with Crippen molar-refractivity contribution >= 4 is 11.4 Å². The van der Waals surface area contributed by atoms with Gasteiger partial charge in [0.25, 0.3) is 0 Å². The molecule has 0 unspecified atom stereocenters. The molecule has 2 aliphatic rings. The van der Waals surface area contributed by atoms with Crippen molar-refractivity contribution in [2.24, 2.45) is 0 Å². The van der Waals surface area contributed by atoms with Crippen LogP contribution in [0.25, 0.3) is 0 Å². The van der Waals surface area contributed by atoms with Crippen molar-refractivity contribution in [3.05, 3.63) is 42.0 Å². The smallest absolute Gasteiger partial charge is 0.0951 e. The van der Waals surface area contributed by atoms with Gasteiger partial charge < -0.3 is 15.2 Å². The highest BCUT2D eigenvalue weighted by molar-refractivity contribution is 5.61. The van der Waals surface area contributed by atoms with Crippen molar-refractivity contribution in [2.75, 3.05) is 17.2 Å². The molecular weight excluding hydrogens is 248 g/mol. The number of aryl methyl sites for hydroxylation is 1. The number of nitrogens with two attached hydrogens (primary N) is 1. The summed E-state index contributed by atoms with van der Waals surface area (Å²) in [6.45, 7) is 2.07. The first kappa shape index (κ1) is 11.8. The van der Waals surface area contributed by atoms with Gasteiger partial charge in [-0.2, -0.15) is 0 Å². The van der Waals surface area contributed by atoms with E-state index in [0.717, 1.165) is 25.2 Å². The third kappa shape index (κ3) is 2.05. The summed E-state index contributed by atoms with van der Waals surface area (Å²) in [5.41, 5.74) is 10.8. The van der Waals surface area contributed by atoms with Crippen LogP contribution < -0.4 is 10.6 Å². The van der Waals surface area contributed by atoms with Crippen LogP contribution in [-0.4, -0.2) is 16.1 Å². The Kier molecular flexibility index (Phi) is 2.69. The number of nitrogen functional groups attached to an aromatic ring is 1. The molecule has 4 heteroatoms. The molecule has 2 aromatic rings. The lowest BCUT2D eigenvalue weighted by atomic mass is 10.0. The number of benzene rings is 1. The molecule has 4 nitrogen and oxygen atoms in total. The van der Waals surface area contributed by atoms with E-state index >= 15 is 0 Å². The van der Waals surface area contributed by atoms with Gasteiger partial charge in [-0.05, 0) is 49.4 Å². The minimum Gasteiger partial charge on any atom is -0.399 e. The molecule has 1 aromatic carbocycles. The van der Waals surface area contributed by atoms with E-state index in [1.165, 1.54) is 36.2 Å². The summed E-state index contributed by atoms with van der Waals surface area (Å²) in [5, 5.41) is 0. The molecule has 2 N–H and O–H groups in total. The topological polar surface area (TPSA) is 47.1 Å². The lowest BCUT2D eigenvalue weighted by Crippen LogP contribution is -2.29. The minimum absolute atomic E-state index is 0.697. The van der Waals surface area contributed by atoms with E-state index < -0.39 is 0 Å². The Bertz CT molecular complexity index is 627. The number of hydrogen-bond donors (Lipinski definition) is 1. The minimum atomic E-state index is 0.697.